The molecule has 4 aromatic rings. The summed E-state index contributed by atoms with van der Waals surface area (Å²) in [4.78, 5) is 37.4. The van der Waals surface area contributed by atoms with Crippen molar-refractivity contribution in [3.05, 3.63) is 116 Å². The van der Waals surface area contributed by atoms with Gasteiger partial charge in [0, 0.05) is 23.7 Å². The van der Waals surface area contributed by atoms with Gasteiger partial charge in [-0.25, -0.2) is 0 Å². The molecule has 0 radical (unpaired) electrons. The van der Waals surface area contributed by atoms with E-state index in [2.05, 4.69) is 24.2 Å². The molecule has 0 aliphatic carbocycles. The second-order valence-electron chi connectivity index (χ2n) is 10.5. The lowest BCUT2D eigenvalue weighted by Gasteiger charge is -2.28. The Labute approximate surface area is 222 Å². The smallest absolute Gasteiger partial charge is 0.283 e. The van der Waals surface area contributed by atoms with E-state index in [9.17, 15) is 14.4 Å². The molecule has 7 heteroatoms. The van der Waals surface area contributed by atoms with E-state index in [0.717, 1.165) is 49.7 Å². The Hall–Kier alpha value is -3.87. The average molecular weight is 517 g/mol. The molecular weight excluding hydrogens is 480 g/mol. The zero-order chi connectivity index (χ0) is 27.0. The Morgan fingerprint density at radius 2 is 1.05 bits per heavy atom. The first-order valence-corrected chi connectivity index (χ1v) is 13.3. The number of hydrogen-bond donors (Lipinski definition) is 2. The number of rotatable bonds is 14. The predicted octanol–water partition coefficient (Wildman–Crippen LogP) is 6.25. The molecule has 0 saturated heterocycles. The van der Waals surface area contributed by atoms with Gasteiger partial charge in [0.25, 0.3) is 11.1 Å². The Morgan fingerprint density at radius 1 is 0.658 bits per heavy atom. The van der Waals surface area contributed by atoms with Crippen molar-refractivity contribution in [3.8, 4) is 0 Å². The number of ketones is 1. The third-order valence-electron chi connectivity index (χ3n) is 7.92. The fourth-order valence-corrected chi connectivity index (χ4v) is 5.47. The Morgan fingerprint density at radius 3 is 1.39 bits per heavy atom. The molecule has 2 heterocycles. The van der Waals surface area contributed by atoms with E-state index in [1.165, 1.54) is 12.5 Å². The van der Waals surface area contributed by atoms with Crippen LogP contribution in [0.15, 0.2) is 91.8 Å². The van der Waals surface area contributed by atoms with E-state index in [4.69, 9.17) is 9.05 Å². The first-order valence-electron chi connectivity index (χ1n) is 13.3. The maximum Gasteiger partial charge on any atom is 0.283 e. The topological polar surface area (TPSA) is 109 Å². The van der Waals surface area contributed by atoms with Crippen molar-refractivity contribution >= 4 is 5.78 Å². The van der Waals surface area contributed by atoms with E-state index in [1.54, 1.807) is 0 Å². The Kier molecular flexibility index (Phi) is 8.66. The molecule has 7 nitrogen and oxygen atoms in total. The molecule has 0 amide bonds. The van der Waals surface area contributed by atoms with Gasteiger partial charge in [0.2, 0.25) is 0 Å². The molecule has 0 fully saturated rings. The van der Waals surface area contributed by atoms with Crippen LogP contribution in [0.5, 0.6) is 0 Å². The molecule has 2 N–H and O–H groups in total. The molecule has 38 heavy (non-hydrogen) atoms. The highest BCUT2D eigenvalue weighted by atomic mass is 16.5. The van der Waals surface area contributed by atoms with Crippen molar-refractivity contribution in [2.75, 3.05) is 0 Å². The lowest BCUT2D eigenvalue weighted by molar-refractivity contribution is -0.119. The maximum absolute atomic E-state index is 12.7. The first-order chi connectivity index (χ1) is 18.3. The summed E-state index contributed by atoms with van der Waals surface area (Å²) < 4.78 is 10.2. The average Bonchev–Trinajstić information content (AvgIpc) is 3.58. The van der Waals surface area contributed by atoms with E-state index in [-0.39, 0.29) is 16.9 Å². The highest BCUT2D eigenvalue weighted by Crippen LogP contribution is 2.36. The molecule has 200 valence electrons. The summed E-state index contributed by atoms with van der Waals surface area (Å²) in [5.74, 6) is 0.246. The number of H-pyrrole nitrogens is 2. The molecule has 0 aliphatic rings. The lowest BCUT2D eigenvalue weighted by Crippen LogP contribution is -2.29. The summed E-state index contributed by atoms with van der Waals surface area (Å²) in [6, 6.07) is 19.9. The molecule has 0 aliphatic heterocycles. The highest BCUT2D eigenvalue weighted by Gasteiger charge is 2.33. The second-order valence-corrected chi connectivity index (χ2v) is 10.5. The molecule has 2 atom stereocenters. The van der Waals surface area contributed by atoms with Crippen LogP contribution in [0.1, 0.15) is 87.5 Å². The van der Waals surface area contributed by atoms with Crippen LogP contribution in [0.25, 0.3) is 0 Å². The largest absolute Gasteiger partial charge is 0.387 e. The van der Waals surface area contributed by atoms with Gasteiger partial charge in [-0.3, -0.25) is 14.4 Å². The molecule has 4 rings (SSSR count). The fraction of sp³-hybridized carbons (Fsp3) is 0.387. The number of carbonyl (C=O) groups is 1. The van der Waals surface area contributed by atoms with Crippen LogP contribution in [-0.4, -0.2) is 16.1 Å². The number of hydrogen-bond acceptors (Lipinski definition) is 5. The van der Waals surface area contributed by atoms with E-state index >= 15 is 0 Å². The summed E-state index contributed by atoms with van der Waals surface area (Å²) >= 11 is 0. The standard InChI is InChI=1S/C31H36N2O5/c1-30(23-13-5-3-6-14-23,26-21-37-32-28(26)35)19-11-9-17-25(34)18-10-12-20-31(2,24-15-7-4-8-16-24)27-22-38-33-29(27)36/h3-8,13-16,21-22H,9-12,17-20H2,1-2H3,(H,32,35)(H,33,36). The number of unbranched alkanes of at least 4 members (excludes halogenated alkanes) is 2. The van der Waals surface area contributed by atoms with Crippen molar-refractivity contribution in [2.24, 2.45) is 0 Å². The molecule has 2 aromatic heterocycles. The number of nitrogens with one attached hydrogen (secondary N) is 2. The van der Waals surface area contributed by atoms with Crippen LogP contribution in [0.2, 0.25) is 0 Å². The Bertz CT molecular complexity index is 1310. The zero-order valence-corrected chi connectivity index (χ0v) is 22.1. The van der Waals surface area contributed by atoms with Gasteiger partial charge in [-0.15, -0.1) is 0 Å². The van der Waals surface area contributed by atoms with Crippen molar-refractivity contribution in [3.63, 3.8) is 0 Å². The minimum atomic E-state index is -0.488. The van der Waals surface area contributed by atoms with Gasteiger partial charge in [-0.1, -0.05) is 87.4 Å². The third-order valence-corrected chi connectivity index (χ3v) is 7.92. The monoisotopic (exact) mass is 516 g/mol. The van der Waals surface area contributed by atoms with Crippen molar-refractivity contribution < 1.29 is 13.8 Å². The quantitative estimate of drug-likeness (QED) is 0.193. The summed E-state index contributed by atoms with van der Waals surface area (Å²) in [7, 11) is 0. The highest BCUT2D eigenvalue weighted by molar-refractivity contribution is 5.78. The second kappa shape index (κ2) is 12.1. The third kappa shape index (κ3) is 5.98. The van der Waals surface area contributed by atoms with Gasteiger partial charge in [0.1, 0.15) is 18.3 Å². The molecule has 0 bridgehead atoms. The first kappa shape index (κ1) is 27.2. The minimum Gasteiger partial charge on any atom is -0.387 e. The van der Waals surface area contributed by atoms with Crippen LogP contribution in [0.3, 0.4) is 0 Å². The molecule has 2 unspecified atom stereocenters. The number of benzene rings is 2. The van der Waals surface area contributed by atoms with Crippen LogP contribution in [-0.2, 0) is 15.6 Å². The number of aromatic nitrogens is 2. The maximum atomic E-state index is 12.7. The van der Waals surface area contributed by atoms with Gasteiger partial charge >= 0.3 is 0 Å². The summed E-state index contributed by atoms with van der Waals surface area (Å²) in [6.07, 6.45) is 8.68. The zero-order valence-electron chi connectivity index (χ0n) is 22.1. The minimum absolute atomic E-state index is 0.215. The SMILES string of the molecule is CC(CCCCC(=O)CCCCC(C)(c1ccccc1)c1co[nH]c1=O)(c1ccccc1)c1co[nH]c1=O. The van der Waals surface area contributed by atoms with Crippen LogP contribution in [0, 0.1) is 0 Å². The molecule has 0 saturated carbocycles. The van der Waals surface area contributed by atoms with E-state index < -0.39 is 10.8 Å². The number of Topliss-reactive ketones (excluding diaryl/α,β-unsaturated/α-hetero) is 1. The summed E-state index contributed by atoms with van der Waals surface area (Å²) in [5, 5.41) is 4.81. The molecular formula is C31H36N2O5. The fourth-order valence-electron chi connectivity index (χ4n) is 5.47. The summed E-state index contributed by atoms with van der Waals surface area (Å²) in [5.41, 5.74) is 1.91. The van der Waals surface area contributed by atoms with Gasteiger partial charge in [-0.05, 0) is 36.8 Å². The van der Waals surface area contributed by atoms with Crippen molar-refractivity contribution in [1.29, 1.82) is 0 Å². The normalized spacial score (nSPS) is 14.6. The van der Waals surface area contributed by atoms with Crippen LogP contribution >= 0.6 is 0 Å². The van der Waals surface area contributed by atoms with Crippen molar-refractivity contribution in [1.82, 2.24) is 10.3 Å². The van der Waals surface area contributed by atoms with Gasteiger partial charge in [-0.2, -0.15) is 10.3 Å². The Balaban J connectivity index is 1.28. The van der Waals surface area contributed by atoms with Gasteiger partial charge in [0.15, 0.2) is 0 Å². The summed E-state index contributed by atoms with van der Waals surface area (Å²) in [6.45, 7) is 4.11. The number of carbonyl (C=O) groups excluding carboxylic acids is 1. The van der Waals surface area contributed by atoms with Gasteiger partial charge in [0.05, 0.1) is 11.1 Å². The molecule has 2 aromatic carbocycles. The molecule has 0 spiro atoms. The van der Waals surface area contributed by atoms with Crippen LogP contribution in [0.4, 0.5) is 0 Å². The van der Waals surface area contributed by atoms with E-state index in [0.29, 0.717) is 24.0 Å². The lowest BCUT2D eigenvalue weighted by atomic mass is 9.73. The van der Waals surface area contributed by atoms with Crippen molar-refractivity contribution in [2.45, 2.75) is 76.0 Å². The van der Waals surface area contributed by atoms with E-state index in [1.807, 2.05) is 60.7 Å². The predicted molar refractivity (Wildman–Crippen MR) is 146 cm³/mol. The number of aromatic amines is 2. The van der Waals surface area contributed by atoms with Crippen LogP contribution < -0.4 is 11.1 Å². The van der Waals surface area contributed by atoms with Gasteiger partial charge < -0.3 is 9.05 Å².